The number of hydrogen-bond acceptors (Lipinski definition) is 3. The van der Waals surface area contributed by atoms with Gasteiger partial charge >= 0.3 is 0 Å². The second kappa shape index (κ2) is 9.24. The first-order valence-corrected chi connectivity index (χ1v) is 10.7. The number of carbonyl (C=O) groups is 1. The van der Waals surface area contributed by atoms with Gasteiger partial charge in [-0.05, 0) is 23.3 Å². The molecule has 0 atom stereocenters. The molecule has 0 bridgehead atoms. The van der Waals surface area contributed by atoms with Crippen LogP contribution in [0.25, 0.3) is 10.8 Å². The molecule has 1 heterocycles. The Hall–Kier alpha value is -3.29. The highest BCUT2D eigenvalue weighted by Crippen LogP contribution is 2.27. The number of nitro benzene ring substituents is 1. The molecule has 160 valence electrons. The molecule has 7 nitrogen and oxygen atoms in total. The number of hydrogen-bond donors (Lipinski definition) is 3. The Morgan fingerprint density at radius 1 is 0.968 bits per heavy atom. The van der Waals surface area contributed by atoms with Crippen molar-refractivity contribution in [3.8, 4) is 0 Å². The molecule has 3 aromatic rings. The Balaban J connectivity index is 1.32. The molecule has 0 saturated carbocycles. The summed E-state index contributed by atoms with van der Waals surface area (Å²) in [4.78, 5) is 26.1. The quantitative estimate of drug-likeness (QED) is 0.411. The number of fused-ring (bicyclic) bond motifs is 1. The van der Waals surface area contributed by atoms with Crippen LogP contribution in [0.2, 0.25) is 0 Å². The van der Waals surface area contributed by atoms with Gasteiger partial charge in [0.15, 0.2) is 6.54 Å². The summed E-state index contributed by atoms with van der Waals surface area (Å²) < 4.78 is 0. The zero-order valence-corrected chi connectivity index (χ0v) is 17.7. The van der Waals surface area contributed by atoms with E-state index in [1.165, 1.54) is 32.2 Å². The number of benzene rings is 3. The number of amides is 1. The molecule has 0 spiro atoms. The summed E-state index contributed by atoms with van der Waals surface area (Å²) in [5.41, 5.74) is 2.30. The van der Waals surface area contributed by atoms with Crippen molar-refractivity contribution in [3.63, 3.8) is 0 Å². The number of piperazine rings is 1. The molecule has 3 N–H and O–H groups in total. The largest absolute Gasteiger partial charge is 0.322 e. The van der Waals surface area contributed by atoms with E-state index in [1.807, 2.05) is 0 Å². The molecule has 7 heteroatoms. The van der Waals surface area contributed by atoms with Crippen LogP contribution in [0.5, 0.6) is 0 Å². The van der Waals surface area contributed by atoms with Crippen LogP contribution >= 0.6 is 0 Å². The first-order chi connectivity index (χ1) is 15.0. The summed E-state index contributed by atoms with van der Waals surface area (Å²) >= 11 is 0. The summed E-state index contributed by atoms with van der Waals surface area (Å²) in [5, 5.41) is 16.6. The second-order valence-corrected chi connectivity index (χ2v) is 8.27. The van der Waals surface area contributed by atoms with Crippen LogP contribution in [0, 0.1) is 17.0 Å². The van der Waals surface area contributed by atoms with Gasteiger partial charge < -0.3 is 15.1 Å². The molecule has 1 fully saturated rings. The highest BCUT2D eigenvalue weighted by molar-refractivity contribution is 5.94. The minimum atomic E-state index is -0.453. The fraction of sp³-hybridized carbons (Fsp3) is 0.292. The molecular formula is C24H28N4O3+2. The molecular weight excluding hydrogens is 392 g/mol. The van der Waals surface area contributed by atoms with Gasteiger partial charge in [-0.1, -0.05) is 54.6 Å². The van der Waals surface area contributed by atoms with Crippen molar-refractivity contribution >= 4 is 28.1 Å². The Kier molecular flexibility index (Phi) is 6.25. The first kappa shape index (κ1) is 21.0. The van der Waals surface area contributed by atoms with E-state index in [0.29, 0.717) is 17.8 Å². The van der Waals surface area contributed by atoms with E-state index < -0.39 is 4.92 Å². The summed E-state index contributed by atoms with van der Waals surface area (Å²) in [7, 11) is 0. The van der Waals surface area contributed by atoms with Crippen LogP contribution in [0.4, 0.5) is 11.4 Å². The van der Waals surface area contributed by atoms with Gasteiger partial charge in [0.1, 0.15) is 38.4 Å². The van der Waals surface area contributed by atoms with Gasteiger partial charge in [0.25, 0.3) is 11.6 Å². The lowest BCUT2D eigenvalue weighted by atomic mass is 10.0. The minimum absolute atomic E-state index is 0.0623. The number of nitrogens with one attached hydrogen (secondary N) is 3. The molecule has 0 radical (unpaired) electrons. The Morgan fingerprint density at radius 3 is 2.42 bits per heavy atom. The molecule has 0 unspecified atom stereocenters. The lowest BCUT2D eigenvalue weighted by Gasteiger charge is -2.29. The van der Waals surface area contributed by atoms with Gasteiger partial charge in [0, 0.05) is 11.6 Å². The average Bonchev–Trinajstić information content (AvgIpc) is 2.76. The maximum Gasteiger partial charge on any atom is 0.293 e. The predicted molar refractivity (Wildman–Crippen MR) is 120 cm³/mol. The Labute approximate surface area is 181 Å². The molecule has 0 aromatic heterocycles. The topological polar surface area (TPSA) is 81.1 Å². The maximum absolute atomic E-state index is 12.6. The number of aryl methyl sites for hydroxylation is 1. The highest BCUT2D eigenvalue weighted by atomic mass is 16.6. The van der Waals surface area contributed by atoms with Crippen molar-refractivity contribution in [3.05, 3.63) is 81.9 Å². The third-order valence-corrected chi connectivity index (χ3v) is 6.11. The van der Waals surface area contributed by atoms with E-state index >= 15 is 0 Å². The summed E-state index contributed by atoms with van der Waals surface area (Å²) in [6, 6.07) is 19.8. The van der Waals surface area contributed by atoms with Gasteiger partial charge in [-0.3, -0.25) is 14.9 Å². The lowest BCUT2D eigenvalue weighted by molar-refractivity contribution is -1.01. The number of nitro groups is 1. The van der Waals surface area contributed by atoms with E-state index in [4.69, 9.17) is 0 Å². The Bertz CT molecular complexity index is 1100. The zero-order valence-electron chi connectivity index (χ0n) is 17.7. The van der Waals surface area contributed by atoms with Gasteiger partial charge in [-0.15, -0.1) is 0 Å². The summed E-state index contributed by atoms with van der Waals surface area (Å²) in [6.07, 6.45) is 0. The van der Waals surface area contributed by atoms with Crippen molar-refractivity contribution in [2.24, 2.45) is 0 Å². The van der Waals surface area contributed by atoms with Crippen molar-refractivity contribution < 1.29 is 19.5 Å². The Morgan fingerprint density at radius 2 is 1.65 bits per heavy atom. The average molecular weight is 421 g/mol. The molecule has 1 saturated heterocycles. The predicted octanol–water partition coefficient (Wildman–Crippen LogP) is 0.979. The van der Waals surface area contributed by atoms with Crippen LogP contribution < -0.4 is 15.1 Å². The summed E-state index contributed by atoms with van der Waals surface area (Å²) in [5.74, 6) is -0.176. The number of rotatable bonds is 6. The number of nitrogens with zero attached hydrogens (tertiary/aromatic N) is 1. The lowest BCUT2D eigenvalue weighted by Crippen LogP contribution is -3.28. The molecule has 1 amide bonds. The number of quaternary nitrogens is 2. The van der Waals surface area contributed by atoms with E-state index in [2.05, 4.69) is 47.8 Å². The van der Waals surface area contributed by atoms with Gasteiger partial charge in [-0.2, -0.15) is 0 Å². The highest BCUT2D eigenvalue weighted by Gasteiger charge is 2.26. The number of carbonyl (C=O) groups excluding carboxylic acids is 1. The van der Waals surface area contributed by atoms with E-state index in [-0.39, 0.29) is 11.6 Å². The minimum Gasteiger partial charge on any atom is -0.322 e. The SMILES string of the molecule is Cc1cccc([N+](=O)[O-])c1NC(=O)C[NH+]1CC[NH+](Cc2cccc3ccccc23)CC1. The van der Waals surface area contributed by atoms with Gasteiger partial charge in [-0.25, -0.2) is 0 Å². The third kappa shape index (κ3) is 4.90. The van der Waals surface area contributed by atoms with Crippen LogP contribution in [0.3, 0.4) is 0 Å². The molecule has 0 aliphatic carbocycles. The fourth-order valence-electron chi connectivity index (χ4n) is 4.40. The number of para-hydroxylation sites is 1. The monoisotopic (exact) mass is 420 g/mol. The molecule has 4 rings (SSSR count). The van der Waals surface area contributed by atoms with Crippen molar-refractivity contribution in [1.82, 2.24) is 0 Å². The smallest absolute Gasteiger partial charge is 0.293 e. The summed E-state index contributed by atoms with van der Waals surface area (Å²) in [6.45, 7) is 6.88. The molecule has 3 aromatic carbocycles. The van der Waals surface area contributed by atoms with Crippen LogP contribution in [-0.2, 0) is 11.3 Å². The zero-order chi connectivity index (χ0) is 21.8. The van der Waals surface area contributed by atoms with Crippen LogP contribution in [-0.4, -0.2) is 43.6 Å². The van der Waals surface area contributed by atoms with E-state index in [9.17, 15) is 14.9 Å². The molecule has 1 aliphatic heterocycles. The first-order valence-electron chi connectivity index (χ1n) is 10.7. The van der Waals surface area contributed by atoms with Crippen molar-refractivity contribution in [2.75, 3.05) is 38.0 Å². The standard InChI is InChI=1S/C24H26N4O3/c1-18-6-4-11-22(28(30)31)24(18)25-23(29)17-27-14-12-26(13-15-27)16-20-9-5-8-19-7-2-3-10-21(19)20/h2-11H,12-17H2,1H3,(H,25,29)/p+2. The second-order valence-electron chi connectivity index (χ2n) is 8.27. The fourth-order valence-corrected chi connectivity index (χ4v) is 4.40. The third-order valence-electron chi connectivity index (χ3n) is 6.11. The van der Waals surface area contributed by atoms with Gasteiger partial charge in [0.05, 0.1) is 4.92 Å². The maximum atomic E-state index is 12.6. The van der Waals surface area contributed by atoms with Crippen LogP contribution in [0.15, 0.2) is 60.7 Å². The van der Waals surface area contributed by atoms with E-state index in [1.54, 1.807) is 19.1 Å². The normalized spacial score (nSPS) is 18.6. The van der Waals surface area contributed by atoms with Gasteiger partial charge in [0.2, 0.25) is 0 Å². The van der Waals surface area contributed by atoms with Crippen molar-refractivity contribution in [2.45, 2.75) is 13.5 Å². The van der Waals surface area contributed by atoms with Crippen molar-refractivity contribution in [1.29, 1.82) is 0 Å². The van der Waals surface area contributed by atoms with E-state index in [0.717, 1.165) is 32.7 Å². The molecule has 31 heavy (non-hydrogen) atoms. The van der Waals surface area contributed by atoms with Crippen LogP contribution in [0.1, 0.15) is 11.1 Å². The number of anilines is 1. The molecule has 1 aliphatic rings.